The van der Waals surface area contributed by atoms with E-state index in [2.05, 4.69) is 10.4 Å². The summed E-state index contributed by atoms with van der Waals surface area (Å²) in [5, 5.41) is 37.0. The minimum absolute atomic E-state index is 0.141. The maximum atomic E-state index is 12.1. The number of carbonyl (C=O) groups excluding carboxylic acids is 1. The molecule has 120 valence electrons. The van der Waals surface area contributed by atoms with Gasteiger partial charge >= 0.3 is 5.69 Å². The third kappa shape index (κ3) is 3.40. The number of carbonyl (C=O) groups is 1. The number of hydrogen-bond donors (Lipinski definition) is 2. The second-order valence-electron chi connectivity index (χ2n) is 4.56. The van der Waals surface area contributed by atoms with Crippen LogP contribution in [0.2, 0.25) is 0 Å². The molecule has 1 heterocycles. The van der Waals surface area contributed by atoms with Crippen molar-refractivity contribution >= 4 is 23.0 Å². The van der Waals surface area contributed by atoms with Gasteiger partial charge < -0.3 is 10.4 Å². The predicted octanol–water partition coefficient (Wildman–Crippen LogP) is 1.60. The quantitative estimate of drug-likeness (QED) is 0.481. The van der Waals surface area contributed by atoms with Gasteiger partial charge in [0.15, 0.2) is 0 Å². The normalized spacial score (nSPS) is 11.7. The first-order chi connectivity index (χ1) is 10.8. The number of benzene rings is 1. The second kappa shape index (κ2) is 6.09. The molecule has 0 fully saturated rings. The van der Waals surface area contributed by atoms with Crippen molar-refractivity contribution in [1.82, 2.24) is 9.78 Å². The molecule has 0 saturated heterocycles. The van der Waals surface area contributed by atoms with E-state index in [-0.39, 0.29) is 22.8 Å². The summed E-state index contributed by atoms with van der Waals surface area (Å²) in [6.45, 7) is 1.43. The molecule has 0 aliphatic rings. The van der Waals surface area contributed by atoms with Gasteiger partial charge in [-0.2, -0.15) is 5.10 Å². The van der Waals surface area contributed by atoms with Crippen LogP contribution in [0, 0.1) is 20.2 Å². The maximum absolute atomic E-state index is 12.1. The largest absolute Gasteiger partial charge is 0.506 e. The Hall–Kier alpha value is -3.50. The number of hydrogen-bond acceptors (Lipinski definition) is 7. The van der Waals surface area contributed by atoms with Crippen molar-refractivity contribution in [2.45, 2.75) is 13.0 Å². The van der Waals surface area contributed by atoms with E-state index in [1.165, 1.54) is 6.92 Å². The molecule has 0 aliphatic carbocycles. The predicted molar refractivity (Wildman–Crippen MR) is 77.0 cm³/mol. The molecule has 1 aromatic carbocycles. The van der Waals surface area contributed by atoms with E-state index in [0.717, 1.165) is 35.3 Å². The third-order valence-electron chi connectivity index (χ3n) is 3.02. The number of nitro groups is 2. The highest BCUT2D eigenvalue weighted by Gasteiger charge is 2.21. The topological polar surface area (TPSA) is 153 Å². The fourth-order valence-corrected chi connectivity index (χ4v) is 1.73. The van der Waals surface area contributed by atoms with E-state index in [1.54, 1.807) is 0 Å². The number of aromatic hydroxyl groups is 1. The molecular weight excluding hydrogens is 310 g/mol. The highest BCUT2D eigenvalue weighted by atomic mass is 16.6. The molecule has 23 heavy (non-hydrogen) atoms. The summed E-state index contributed by atoms with van der Waals surface area (Å²) in [5.41, 5.74) is -0.721. The molecule has 1 unspecified atom stereocenters. The van der Waals surface area contributed by atoms with Crippen molar-refractivity contribution < 1.29 is 19.7 Å². The van der Waals surface area contributed by atoms with Crippen molar-refractivity contribution in [2.24, 2.45) is 0 Å². The Kier molecular flexibility index (Phi) is 4.21. The zero-order chi connectivity index (χ0) is 17.1. The molecule has 11 heteroatoms. The number of nitro benzene ring substituents is 1. The minimum Gasteiger partial charge on any atom is -0.506 e. The summed E-state index contributed by atoms with van der Waals surface area (Å²) in [6, 6.07) is 2.25. The van der Waals surface area contributed by atoms with Gasteiger partial charge in [-0.15, -0.1) is 0 Å². The molecular formula is C12H11N5O6. The Labute approximate surface area is 128 Å². The number of anilines is 1. The summed E-state index contributed by atoms with van der Waals surface area (Å²) in [6.07, 6.45) is 2.08. The number of phenols is 1. The smallest absolute Gasteiger partial charge is 0.307 e. The molecule has 1 aromatic heterocycles. The number of phenolic OH excluding ortho intramolecular Hbond substituents is 1. The molecule has 11 nitrogen and oxygen atoms in total. The number of non-ortho nitro benzene ring substituents is 1. The number of amides is 1. The number of nitrogens with zero attached hydrogens (tertiary/aromatic N) is 4. The lowest BCUT2D eigenvalue weighted by atomic mass is 10.2. The molecule has 1 atom stereocenters. The first-order valence-corrected chi connectivity index (χ1v) is 6.26. The Morgan fingerprint density at radius 2 is 1.96 bits per heavy atom. The van der Waals surface area contributed by atoms with Crippen LogP contribution < -0.4 is 5.32 Å². The summed E-state index contributed by atoms with van der Waals surface area (Å²) in [5.74, 6) is -0.999. The molecule has 0 radical (unpaired) electrons. The lowest BCUT2D eigenvalue weighted by Gasteiger charge is -2.13. The maximum Gasteiger partial charge on any atom is 0.307 e. The van der Waals surface area contributed by atoms with Gasteiger partial charge in [0.25, 0.3) is 5.69 Å². The van der Waals surface area contributed by atoms with E-state index < -0.39 is 21.8 Å². The second-order valence-corrected chi connectivity index (χ2v) is 4.56. The minimum atomic E-state index is -0.928. The Bertz CT molecular complexity index is 786. The van der Waals surface area contributed by atoms with Crippen molar-refractivity contribution in [2.75, 3.05) is 5.32 Å². The van der Waals surface area contributed by atoms with Crippen LogP contribution in [0.25, 0.3) is 0 Å². The van der Waals surface area contributed by atoms with E-state index >= 15 is 0 Å². The molecule has 0 saturated carbocycles. The summed E-state index contributed by atoms with van der Waals surface area (Å²) < 4.78 is 1.07. The van der Waals surface area contributed by atoms with Crippen molar-refractivity contribution in [3.8, 4) is 5.75 Å². The summed E-state index contributed by atoms with van der Waals surface area (Å²) in [4.78, 5) is 32.1. The number of aromatic nitrogens is 2. The fraction of sp³-hybridized carbons (Fsp3) is 0.167. The van der Waals surface area contributed by atoms with Gasteiger partial charge in [0.05, 0.1) is 15.5 Å². The van der Waals surface area contributed by atoms with Gasteiger partial charge in [0.1, 0.15) is 24.2 Å². The van der Waals surface area contributed by atoms with Crippen LogP contribution in [0.15, 0.2) is 30.6 Å². The van der Waals surface area contributed by atoms with Crippen LogP contribution in [0.5, 0.6) is 5.75 Å². The van der Waals surface area contributed by atoms with Crippen LogP contribution in [-0.2, 0) is 4.79 Å². The first-order valence-electron chi connectivity index (χ1n) is 6.26. The van der Waals surface area contributed by atoms with E-state index in [1.807, 2.05) is 0 Å². The third-order valence-corrected chi connectivity index (χ3v) is 3.02. The monoisotopic (exact) mass is 321 g/mol. The van der Waals surface area contributed by atoms with Gasteiger partial charge in [-0.1, -0.05) is 0 Å². The van der Waals surface area contributed by atoms with Crippen molar-refractivity contribution in [3.63, 3.8) is 0 Å². The van der Waals surface area contributed by atoms with Gasteiger partial charge in [0.2, 0.25) is 5.91 Å². The van der Waals surface area contributed by atoms with Gasteiger partial charge in [0, 0.05) is 12.1 Å². The molecule has 1 amide bonds. The SMILES string of the molecule is CC(C(=O)Nc1cc([N+](=O)[O-])ccc1O)n1cc([N+](=O)[O-])cn1. The Balaban J connectivity index is 2.19. The van der Waals surface area contributed by atoms with Crippen LogP contribution in [-0.4, -0.2) is 30.6 Å². The van der Waals surface area contributed by atoms with Crippen LogP contribution in [0.4, 0.5) is 17.1 Å². The van der Waals surface area contributed by atoms with Gasteiger partial charge in [-0.3, -0.25) is 29.7 Å². The zero-order valence-electron chi connectivity index (χ0n) is 11.7. The van der Waals surface area contributed by atoms with E-state index in [0.29, 0.717) is 0 Å². The van der Waals surface area contributed by atoms with Crippen LogP contribution in [0.3, 0.4) is 0 Å². The zero-order valence-corrected chi connectivity index (χ0v) is 11.7. The van der Waals surface area contributed by atoms with Crippen molar-refractivity contribution in [1.29, 1.82) is 0 Å². The molecule has 0 bridgehead atoms. The highest BCUT2D eigenvalue weighted by Crippen LogP contribution is 2.28. The fourth-order valence-electron chi connectivity index (χ4n) is 1.73. The average molecular weight is 321 g/mol. The van der Waals surface area contributed by atoms with Crippen molar-refractivity contribution in [3.05, 3.63) is 50.8 Å². The molecule has 2 rings (SSSR count). The van der Waals surface area contributed by atoms with Gasteiger partial charge in [-0.25, -0.2) is 0 Å². The lowest BCUT2D eigenvalue weighted by molar-refractivity contribution is -0.385. The summed E-state index contributed by atoms with van der Waals surface area (Å²) in [7, 11) is 0. The lowest BCUT2D eigenvalue weighted by Crippen LogP contribution is -2.24. The molecule has 0 spiro atoms. The first kappa shape index (κ1) is 15.9. The summed E-state index contributed by atoms with van der Waals surface area (Å²) >= 11 is 0. The average Bonchev–Trinajstić information content (AvgIpc) is 2.98. The Morgan fingerprint density at radius 1 is 1.30 bits per heavy atom. The molecule has 0 aliphatic heterocycles. The molecule has 2 N–H and O–H groups in total. The number of nitrogens with one attached hydrogen (secondary N) is 1. The van der Waals surface area contributed by atoms with Crippen LogP contribution in [0.1, 0.15) is 13.0 Å². The Morgan fingerprint density at radius 3 is 2.52 bits per heavy atom. The standard InChI is InChI=1S/C12H11N5O6/c1-7(15-6-9(5-13-15)17(22)23)12(19)14-10-4-8(16(20)21)2-3-11(10)18/h2-7,18H,1H3,(H,14,19). The van der Waals surface area contributed by atoms with Crippen LogP contribution >= 0.6 is 0 Å². The highest BCUT2D eigenvalue weighted by molar-refractivity contribution is 5.95. The van der Waals surface area contributed by atoms with E-state index in [4.69, 9.17) is 0 Å². The number of rotatable bonds is 5. The molecule has 2 aromatic rings. The van der Waals surface area contributed by atoms with E-state index in [9.17, 15) is 30.1 Å². The van der Waals surface area contributed by atoms with Gasteiger partial charge in [-0.05, 0) is 13.0 Å².